The molecule has 2 unspecified atom stereocenters. The number of benzene rings is 3. The van der Waals surface area contributed by atoms with Crippen LogP contribution in [0.2, 0.25) is 5.02 Å². The molecule has 0 N–H and O–H groups in total. The molecule has 3 aliphatic rings. The lowest BCUT2D eigenvalue weighted by molar-refractivity contribution is -0.124. The smallest absolute Gasteiger partial charge is 0.261 e. The second kappa shape index (κ2) is 9.84. The van der Waals surface area contributed by atoms with Crippen molar-refractivity contribution < 1.29 is 19.2 Å². The Morgan fingerprint density at radius 3 is 2.24 bits per heavy atom. The van der Waals surface area contributed by atoms with E-state index in [9.17, 15) is 19.2 Å². The topological polar surface area (TPSA) is 74.8 Å². The number of amides is 3. The predicted molar refractivity (Wildman–Crippen MR) is 144 cm³/mol. The summed E-state index contributed by atoms with van der Waals surface area (Å²) in [5.74, 6) is -1.39. The molecule has 2 heterocycles. The lowest BCUT2D eigenvalue weighted by Gasteiger charge is -2.26. The van der Waals surface area contributed by atoms with Gasteiger partial charge in [0.1, 0.15) is 0 Å². The number of imide groups is 1. The maximum atomic E-state index is 13.9. The third-order valence-electron chi connectivity index (χ3n) is 8.20. The molecule has 3 amide bonds. The Bertz CT molecular complexity index is 1420. The highest BCUT2D eigenvalue weighted by molar-refractivity contribution is 6.31. The molecule has 1 saturated carbocycles. The van der Waals surface area contributed by atoms with Gasteiger partial charge in [0.25, 0.3) is 11.8 Å². The van der Waals surface area contributed by atoms with E-state index in [1.165, 1.54) is 0 Å². The van der Waals surface area contributed by atoms with Crippen LogP contribution in [0, 0.1) is 11.8 Å². The fourth-order valence-corrected chi connectivity index (χ4v) is 6.62. The molecule has 0 bridgehead atoms. The molecule has 3 atom stereocenters. The summed E-state index contributed by atoms with van der Waals surface area (Å²) in [6.45, 7) is 0.150. The zero-order valence-electron chi connectivity index (χ0n) is 20.8. The summed E-state index contributed by atoms with van der Waals surface area (Å²) >= 11 is 6.42. The van der Waals surface area contributed by atoms with E-state index >= 15 is 0 Å². The summed E-state index contributed by atoms with van der Waals surface area (Å²) in [6.07, 6.45) is 2.70. The Labute approximate surface area is 226 Å². The third kappa shape index (κ3) is 4.23. The quantitative estimate of drug-likeness (QED) is 0.389. The minimum atomic E-state index is -0.435. The van der Waals surface area contributed by atoms with Gasteiger partial charge in [-0.05, 0) is 60.1 Å². The maximum absolute atomic E-state index is 13.9. The van der Waals surface area contributed by atoms with Crippen LogP contribution in [0.4, 0.5) is 5.69 Å². The van der Waals surface area contributed by atoms with Gasteiger partial charge < -0.3 is 4.90 Å². The number of fused-ring (bicyclic) bond motifs is 3. The minimum absolute atomic E-state index is 0.00864. The molecule has 0 saturated heterocycles. The van der Waals surface area contributed by atoms with Gasteiger partial charge in [-0.2, -0.15) is 0 Å². The highest BCUT2D eigenvalue weighted by Crippen LogP contribution is 2.50. The van der Waals surface area contributed by atoms with E-state index in [1.54, 1.807) is 24.3 Å². The van der Waals surface area contributed by atoms with Gasteiger partial charge in [0.05, 0.1) is 24.2 Å². The van der Waals surface area contributed by atoms with E-state index in [0.717, 1.165) is 41.0 Å². The molecule has 38 heavy (non-hydrogen) atoms. The van der Waals surface area contributed by atoms with Crippen molar-refractivity contribution in [1.82, 2.24) is 4.90 Å². The number of nitrogens with zero attached hydrogens (tertiary/aromatic N) is 2. The Kier molecular flexibility index (Phi) is 6.36. The number of hydrogen-bond acceptors (Lipinski definition) is 4. The monoisotopic (exact) mass is 526 g/mol. The minimum Gasteiger partial charge on any atom is -0.307 e. The molecule has 192 valence electrons. The van der Waals surface area contributed by atoms with Crippen molar-refractivity contribution in [1.29, 1.82) is 0 Å². The Morgan fingerprint density at radius 1 is 0.842 bits per heavy atom. The van der Waals surface area contributed by atoms with Crippen molar-refractivity contribution in [3.05, 3.63) is 100 Å². The van der Waals surface area contributed by atoms with Gasteiger partial charge in [-0.3, -0.25) is 24.1 Å². The van der Waals surface area contributed by atoms with Crippen molar-refractivity contribution in [3.63, 3.8) is 0 Å². The van der Waals surface area contributed by atoms with Gasteiger partial charge in [-0.25, -0.2) is 0 Å². The fraction of sp³-hybridized carbons (Fsp3) is 0.290. The van der Waals surface area contributed by atoms with Crippen LogP contribution < -0.4 is 4.90 Å². The number of carbonyl (C=O) groups excluding carboxylic acids is 4. The number of Topliss-reactive ketones (excluding diaryl/α,β-unsaturated/α-hetero) is 1. The van der Waals surface area contributed by atoms with Crippen LogP contribution in [0.3, 0.4) is 0 Å². The van der Waals surface area contributed by atoms with Crippen LogP contribution in [0.15, 0.2) is 72.8 Å². The fourth-order valence-electron chi connectivity index (χ4n) is 6.45. The lowest BCUT2D eigenvalue weighted by Crippen LogP contribution is -2.37. The highest BCUT2D eigenvalue weighted by atomic mass is 35.5. The SMILES string of the molecule is O=C(CC1c2ccc(Cl)cc2N(Cc2ccccc2)C(=O)C2CCC[C@H]21)CN1C(=O)c2ccccc2C1=O. The normalized spacial score (nSPS) is 22.2. The zero-order chi connectivity index (χ0) is 26.4. The number of rotatable bonds is 6. The molecule has 3 aromatic carbocycles. The third-order valence-corrected chi connectivity index (χ3v) is 8.43. The average molecular weight is 527 g/mol. The molecular formula is C31H27ClN2O4. The molecule has 2 aliphatic heterocycles. The molecule has 7 heteroatoms. The van der Waals surface area contributed by atoms with E-state index < -0.39 is 11.8 Å². The second-order valence-electron chi connectivity index (χ2n) is 10.4. The summed E-state index contributed by atoms with van der Waals surface area (Å²) < 4.78 is 0. The van der Waals surface area contributed by atoms with Crippen LogP contribution in [0.5, 0.6) is 0 Å². The highest BCUT2D eigenvalue weighted by Gasteiger charge is 2.46. The standard InChI is InChI=1S/C31H27ClN2O4/c32-20-13-14-23-27(16-21(35)18-34-30(37)25-9-4-5-10-26(25)31(34)38)22-11-6-12-24(22)29(36)33(28(23)15-20)17-19-7-2-1-3-8-19/h1-5,7-10,13-15,22,24,27H,6,11-12,16-18H2/t22-,24?,27?/m1/s1. The van der Waals surface area contributed by atoms with E-state index in [-0.39, 0.29) is 42.4 Å². The first-order valence-electron chi connectivity index (χ1n) is 13.0. The van der Waals surface area contributed by atoms with E-state index in [0.29, 0.717) is 22.7 Å². The second-order valence-corrected chi connectivity index (χ2v) is 10.8. The molecule has 3 aromatic rings. The summed E-state index contributed by atoms with van der Waals surface area (Å²) in [5, 5.41) is 0.526. The van der Waals surface area contributed by atoms with Crippen molar-refractivity contribution >= 4 is 40.8 Å². The largest absolute Gasteiger partial charge is 0.307 e. The van der Waals surface area contributed by atoms with Crippen molar-refractivity contribution in [2.75, 3.05) is 11.4 Å². The molecular weight excluding hydrogens is 500 g/mol. The van der Waals surface area contributed by atoms with E-state index in [4.69, 9.17) is 11.6 Å². The van der Waals surface area contributed by atoms with Crippen molar-refractivity contribution in [2.45, 2.75) is 38.1 Å². The van der Waals surface area contributed by atoms with Gasteiger partial charge in [-0.15, -0.1) is 0 Å². The number of ketones is 1. The Morgan fingerprint density at radius 2 is 1.53 bits per heavy atom. The van der Waals surface area contributed by atoms with E-state index in [1.807, 2.05) is 53.4 Å². The number of hydrogen-bond donors (Lipinski definition) is 0. The first kappa shape index (κ1) is 24.6. The Balaban J connectivity index is 1.32. The molecule has 0 radical (unpaired) electrons. The molecule has 0 spiro atoms. The molecule has 6 nitrogen and oxygen atoms in total. The average Bonchev–Trinajstić information content (AvgIpc) is 3.48. The van der Waals surface area contributed by atoms with Gasteiger partial charge in [0.15, 0.2) is 5.78 Å². The number of halogens is 1. The van der Waals surface area contributed by atoms with Gasteiger partial charge in [0, 0.05) is 23.0 Å². The van der Waals surface area contributed by atoms with Gasteiger partial charge >= 0.3 is 0 Å². The first-order valence-corrected chi connectivity index (χ1v) is 13.4. The van der Waals surface area contributed by atoms with Crippen LogP contribution in [0.25, 0.3) is 0 Å². The first-order chi connectivity index (χ1) is 18.4. The molecule has 6 rings (SSSR count). The Hall–Kier alpha value is -3.77. The van der Waals surface area contributed by atoms with Crippen LogP contribution in [-0.2, 0) is 16.1 Å². The van der Waals surface area contributed by atoms with Crippen LogP contribution >= 0.6 is 11.6 Å². The number of anilines is 1. The predicted octanol–water partition coefficient (Wildman–Crippen LogP) is 5.64. The van der Waals surface area contributed by atoms with Crippen molar-refractivity contribution in [2.24, 2.45) is 11.8 Å². The maximum Gasteiger partial charge on any atom is 0.261 e. The summed E-state index contributed by atoms with van der Waals surface area (Å²) in [4.78, 5) is 56.0. The lowest BCUT2D eigenvalue weighted by atomic mass is 9.77. The molecule has 1 fully saturated rings. The van der Waals surface area contributed by atoms with Crippen molar-refractivity contribution in [3.8, 4) is 0 Å². The van der Waals surface area contributed by atoms with Crippen LogP contribution in [-0.4, -0.2) is 34.9 Å². The van der Waals surface area contributed by atoms with E-state index in [2.05, 4.69) is 0 Å². The van der Waals surface area contributed by atoms with Gasteiger partial charge in [-0.1, -0.05) is 66.6 Å². The van der Waals surface area contributed by atoms with Gasteiger partial charge in [0.2, 0.25) is 5.91 Å². The molecule has 0 aromatic heterocycles. The summed E-state index contributed by atoms with van der Waals surface area (Å²) in [6, 6.07) is 22.1. The summed E-state index contributed by atoms with van der Waals surface area (Å²) in [5.41, 5.74) is 3.33. The number of carbonyl (C=O) groups is 4. The molecule has 1 aliphatic carbocycles. The summed E-state index contributed by atoms with van der Waals surface area (Å²) in [7, 11) is 0. The zero-order valence-corrected chi connectivity index (χ0v) is 21.6. The van der Waals surface area contributed by atoms with Crippen LogP contribution in [0.1, 0.15) is 63.4 Å².